The van der Waals surface area contributed by atoms with E-state index in [1.165, 1.54) is 6.08 Å². The summed E-state index contributed by atoms with van der Waals surface area (Å²) in [6.45, 7) is 3.42. The van der Waals surface area contributed by atoms with Crippen molar-refractivity contribution in [3.05, 3.63) is 24.3 Å². The van der Waals surface area contributed by atoms with Gasteiger partial charge in [-0.15, -0.1) is 0 Å². The Balaban J connectivity index is 3.26. The predicted octanol–water partition coefficient (Wildman–Crippen LogP) is 2.00. The third-order valence-electron chi connectivity index (χ3n) is 1.34. The topological polar surface area (TPSA) is 46.5 Å². The van der Waals surface area contributed by atoms with Crippen LogP contribution in [0.2, 0.25) is 0 Å². The number of carboxylic acids is 1. The van der Waals surface area contributed by atoms with Crippen molar-refractivity contribution in [2.75, 3.05) is 13.2 Å². The molecule has 0 aromatic heterocycles. The van der Waals surface area contributed by atoms with Crippen molar-refractivity contribution in [2.24, 2.45) is 0 Å². The van der Waals surface area contributed by atoms with Crippen LogP contribution in [0.5, 0.6) is 0 Å². The van der Waals surface area contributed by atoms with Crippen LogP contribution < -0.4 is 0 Å². The largest absolute Gasteiger partial charge is 0.478 e. The number of unbranched alkanes of at least 4 members (excludes halogenated alkanes) is 1. The Labute approximate surface area is 78.7 Å². The van der Waals surface area contributed by atoms with Gasteiger partial charge in [0.2, 0.25) is 0 Å². The number of hydrogen-bond donors (Lipinski definition) is 1. The van der Waals surface area contributed by atoms with Crippen LogP contribution in [0.15, 0.2) is 24.3 Å². The van der Waals surface area contributed by atoms with Crippen molar-refractivity contribution in [3.63, 3.8) is 0 Å². The maximum absolute atomic E-state index is 10.0. The van der Waals surface area contributed by atoms with E-state index in [4.69, 9.17) is 9.84 Å². The monoisotopic (exact) mass is 184 g/mol. The van der Waals surface area contributed by atoms with Gasteiger partial charge in [-0.2, -0.15) is 0 Å². The molecule has 0 saturated heterocycles. The highest BCUT2D eigenvalue weighted by atomic mass is 16.5. The van der Waals surface area contributed by atoms with Gasteiger partial charge < -0.3 is 9.84 Å². The van der Waals surface area contributed by atoms with E-state index in [1.807, 2.05) is 0 Å². The van der Waals surface area contributed by atoms with Crippen molar-refractivity contribution < 1.29 is 14.6 Å². The normalized spacial score (nSPS) is 11.5. The minimum absolute atomic E-state index is 0.546. The zero-order valence-corrected chi connectivity index (χ0v) is 7.90. The summed E-state index contributed by atoms with van der Waals surface area (Å²) in [5.41, 5.74) is 0. The van der Waals surface area contributed by atoms with Gasteiger partial charge in [0, 0.05) is 12.7 Å². The highest BCUT2D eigenvalue weighted by Gasteiger charge is 1.82. The number of ether oxygens (including phenoxy) is 1. The van der Waals surface area contributed by atoms with Crippen LogP contribution in [0.3, 0.4) is 0 Å². The fraction of sp³-hybridized carbons (Fsp3) is 0.500. The first-order valence-electron chi connectivity index (χ1n) is 4.41. The molecule has 0 spiro atoms. The summed E-state index contributed by atoms with van der Waals surface area (Å²) in [7, 11) is 0. The van der Waals surface area contributed by atoms with Gasteiger partial charge in [0.15, 0.2) is 0 Å². The summed E-state index contributed by atoms with van der Waals surface area (Å²) in [5.74, 6) is -0.934. The summed E-state index contributed by atoms with van der Waals surface area (Å²) in [6.07, 6.45) is 8.21. The molecule has 3 heteroatoms. The van der Waals surface area contributed by atoms with Crippen molar-refractivity contribution >= 4 is 5.97 Å². The second-order valence-electron chi connectivity index (χ2n) is 2.55. The van der Waals surface area contributed by atoms with E-state index in [1.54, 1.807) is 12.2 Å². The van der Waals surface area contributed by atoms with E-state index in [9.17, 15) is 4.79 Å². The molecule has 3 nitrogen and oxygen atoms in total. The molecule has 0 atom stereocenters. The lowest BCUT2D eigenvalue weighted by Gasteiger charge is -1.96. The van der Waals surface area contributed by atoms with Crippen molar-refractivity contribution in [3.8, 4) is 0 Å². The maximum atomic E-state index is 10.0. The molecule has 0 amide bonds. The summed E-state index contributed by atoms with van der Waals surface area (Å²) >= 11 is 0. The van der Waals surface area contributed by atoms with Gasteiger partial charge >= 0.3 is 5.97 Å². The summed E-state index contributed by atoms with van der Waals surface area (Å²) in [6, 6.07) is 0. The first kappa shape index (κ1) is 11.9. The van der Waals surface area contributed by atoms with E-state index in [-0.39, 0.29) is 0 Å². The number of carboxylic acid groups (broad SMARTS) is 1. The molecular formula is C10H16O3. The Morgan fingerprint density at radius 2 is 2.23 bits per heavy atom. The average Bonchev–Trinajstić information content (AvgIpc) is 2.09. The fourth-order valence-electron chi connectivity index (χ4n) is 0.670. The minimum Gasteiger partial charge on any atom is -0.478 e. The molecule has 0 rings (SSSR count). The molecule has 0 aromatic rings. The molecule has 0 unspecified atom stereocenters. The van der Waals surface area contributed by atoms with Gasteiger partial charge in [0.25, 0.3) is 0 Å². The quantitative estimate of drug-likeness (QED) is 0.374. The van der Waals surface area contributed by atoms with Crippen LogP contribution >= 0.6 is 0 Å². The second-order valence-corrected chi connectivity index (χ2v) is 2.55. The van der Waals surface area contributed by atoms with E-state index in [0.29, 0.717) is 6.61 Å². The molecular weight excluding hydrogens is 168 g/mol. The summed E-state index contributed by atoms with van der Waals surface area (Å²) in [5, 5.41) is 8.23. The standard InChI is InChI=1S/C10H16O3/c1-2-3-8-13-9-6-4-5-7-10(11)12/h4-7H,2-3,8-9H2,1H3,(H,11,12). The molecule has 0 saturated carbocycles. The number of rotatable bonds is 7. The Morgan fingerprint density at radius 1 is 1.46 bits per heavy atom. The molecule has 0 aromatic carbocycles. The predicted molar refractivity (Wildman–Crippen MR) is 51.6 cm³/mol. The minimum atomic E-state index is -0.934. The van der Waals surface area contributed by atoms with Crippen LogP contribution in [0, 0.1) is 0 Å². The van der Waals surface area contributed by atoms with Crippen LogP contribution in [0.1, 0.15) is 19.8 Å². The lowest BCUT2D eigenvalue weighted by Crippen LogP contribution is -1.92. The number of aliphatic carboxylic acids is 1. The molecule has 0 aliphatic rings. The molecule has 0 bridgehead atoms. The highest BCUT2D eigenvalue weighted by molar-refractivity contribution is 5.80. The molecule has 1 N–H and O–H groups in total. The van der Waals surface area contributed by atoms with Gasteiger partial charge in [-0.1, -0.05) is 31.6 Å². The van der Waals surface area contributed by atoms with Crippen LogP contribution in [-0.2, 0) is 9.53 Å². The highest BCUT2D eigenvalue weighted by Crippen LogP contribution is 1.88. The molecule has 0 radical (unpaired) electrons. The van der Waals surface area contributed by atoms with Gasteiger partial charge in [0.1, 0.15) is 0 Å². The van der Waals surface area contributed by atoms with E-state index in [0.717, 1.165) is 25.5 Å². The molecule has 0 aliphatic carbocycles. The number of carbonyl (C=O) groups is 1. The summed E-state index contributed by atoms with van der Waals surface area (Å²) < 4.78 is 5.21. The first-order chi connectivity index (χ1) is 6.27. The van der Waals surface area contributed by atoms with Gasteiger partial charge in [-0.05, 0) is 6.42 Å². The number of allylic oxidation sites excluding steroid dienone is 2. The third kappa shape index (κ3) is 10.9. The second kappa shape index (κ2) is 9.00. The number of hydrogen-bond acceptors (Lipinski definition) is 2. The molecule has 0 aliphatic heterocycles. The lowest BCUT2D eigenvalue weighted by atomic mass is 10.4. The average molecular weight is 184 g/mol. The molecule has 0 fully saturated rings. The van der Waals surface area contributed by atoms with Gasteiger partial charge in [0.05, 0.1) is 6.61 Å². The molecule has 0 heterocycles. The van der Waals surface area contributed by atoms with E-state index < -0.39 is 5.97 Å². The van der Waals surface area contributed by atoms with Crippen molar-refractivity contribution in [2.45, 2.75) is 19.8 Å². The van der Waals surface area contributed by atoms with Crippen molar-refractivity contribution in [1.29, 1.82) is 0 Å². The molecule has 13 heavy (non-hydrogen) atoms. The Hall–Kier alpha value is -1.09. The van der Waals surface area contributed by atoms with Crippen LogP contribution in [-0.4, -0.2) is 24.3 Å². The Bertz CT molecular complexity index is 183. The zero-order valence-electron chi connectivity index (χ0n) is 7.90. The summed E-state index contributed by atoms with van der Waals surface area (Å²) in [4.78, 5) is 10.0. The first-order valence-corrected chi connectivity index (χ1v) is 4.41. The maximum Gasteiger partial charge on any atom is 0.328 e. The smallest absolute Gasteiger partial charge is 0.328 e. The Kier molecular flexibility index (Phi) is 8.25. The van der Waals surface area contributed by atoms with E-state index in [2.05, 4.69) is 6.92 Å². The molecule has 74 valence electrons. The van der Waals surface area contributed by atoms with Crippen molar-refractivity contribution in [1.82, 2.24) is 0 Å². The zero-order chi connectivity index (χ0) is 9.94. The van der Waals surface area contributed by atoms with Crippen LogP contribution in [0.25, 0.3) is 0 Å². The van der Waals surface area contributed by atoms with E-state index >= 15 is 0 Å². The lowest BCUT2D eigenvalue weighted by molar-refractivity contribution is -0.131. The van der Waals surface area contributed by atoms with Gasteiger partial charge in [-0.3, -0.25) is 0 Å². The fourth-order valence-corrected chi connectivity index (χ4v) is 0.670. The SMILES string of the molecule is CCCCOCC=CC=CC(=O)O. The third-order valence-corrected chi connectivity index (χ3v) is 1.34. The van der Waals surface area contributed by atoms with Crippen LogP contribution in [0.4, 0.5) is 0 Å². The Morgan fingerprint density at radius 3 is 2.85 bits per heavy atom. The van der Waals surface area contributed by atoms with Gasteiger partial charge in [-0.25, -0.2) is 4.79 Å².